The summed E-state index contributed by atoms with van der Waals surface area (Å²) in [6.07, 6.45) is 4.19. The van der Waals surface area contributed by atoms with E-state index in [-0.39, 0.29) is 17.7 Å². The highest BCUT2D eigenvalue weighted by molar-refractivity contribution is 6.28. The average Bonchev–Trinajstić information content (AvgIpc) is 2.98. The molecule has 2 aromatic rings. The highest BCUT2D eigenvalue weighted by atomic mass is 35.5. The second-order valence-electron chi connectivity index (χ2n) is 4.36. The predicted octanol–water partition coefficient (Wildman–Crippen LogP) is 0.673. The lowest BCUT2D eigenvalue weighted by atomic mass is 10.4. The molecule has 2 rings (SSSR count). The third-order valence-corrected chi connectivity index (χ3v) is 2.76. The fraction of sp³-hybridized carbons (Fsp3) is 0.417. The van der Waals surface area contributed by atoms with Crippen LogP contribution in [-0.4, -0.2) is 50.8 Å². The number of likely N-dealkylation sites (N-methyl/N-ethyl adjacent to an activating group) is 1. The number of rotatable bonds is 6. The Hall–Kier alpha value is -2.22. The molecule has 0 aromatic carbocycles. The summed E-state index contributed by atoms with van der Waals surface area (Å²) in [6, 6.07) is 1.75. The molecule has 21 heavy (non-hydrogen) atoms. The number of amides is 1. The first-order chi connectivity index (χ1) is 10.1. The minimum atomic E-state index is -0.100. The summed E-state index contributed by atoms with van der Waals surface area (Å²) in [5.41, 5.74) is 0. The van der Waals surface area contributed by atoms with Gasteiger partial charge in [-0.1, -0.05) is 6.92 Å². The van der Waals surface area contributed by atoms with Crippen LogP contribution >= 0.6 is 11.6 Å². The monoisotopic (exact) mass is 309 g/mol. The minimum absolute atomic E-state index is 0.0475. The molecule has 2 aromatic heterocycles. The molecule has 1 amide bonds. The first-order valence-electron chi connectivity index (χ1n) is 6.49. The van der Waals surface area contributed by atoms with Crippen LogP contribution in [0.4, 0.5) is 5.95 Å². The number of nitrogens with zero attached hydrogens (tertiary/aromatic N) is 6. The van der Waals surface area contributed by atoms with E-state index in [1.54, 1.807) is 30.4 Å². The van der Waals surface area contributed by atoms with Gasteiger partial charge in [0.2, 0.25) is 17.1 Å². The van der Waals surface area contributed by atoms with Gasteiger partial charge in [-0.25, -0.2) is 4.68 Å². The smallest absolute Gasteiger partial charge is 0.256 e. The predicted molar refractivity (Wildman–Crippen MR) is 78.5 cm³/mol. The Morgan fingerprint density at radius 1 is 1.43 bits per heavy atom. The highest BCUT2D eigenvalue weighted by Gasteiger charge is 2.13. The third-order valence-electron chi connectivity index (χ3n) is 2.59. The lowest BCUT2D eigenvalue weighted by Gasteiger charge is -2.16. The molecular weight excluding hydrogens is 294 g/mol. The van der Waals surface area contributed by atoms with E-state index < -0.39 is 0 Å². The summed E-state index contributed by atoms with van der Waals surface area (Å²) in [7, 11) is 1.71. The van der Waals surface area contributed by atoms with Gasteiger partial charge in [0.05, 0.1) is 6.54 Å². The molecule has 112 valence electrons. The van der Waals surface area contributed by atoms with Crippen molar-refractivity contribution < 1.29 is 4.79 Å². The maximum Gasteiger partial charge on any atom is 0.256 e. The Bertz CT molecular complexity index is 602. The zero-order chi connectivity index (χ0) is 15.2. The first-order valence-corrected chi connectivity index (χ1v) is 6.87. The van der Waals surface area contributed by atoms with E-state index in [2.05, 4.69) is 25.4 Å². The minimum Gasteiger partial charge on any atom is -0.355 e. The summed E-state index contributed by atoms with van der Waals surface area (Å²) in [4.78, 5) is 25.6. The van der Waals surface area contributed by atoms with Gasteiger partial charge in [-0.3, -0.25) is 4.79 Å². The highest BCUT2D eigenvalue weighted by Crippen LogP contribution is 2.11. The van der Waals surface area contributed by atoms with Crippen LogP contribution in [0.1, 0.15) is 13.3 Å². The maximum absolute atomic E-state index is 11.7. The van der Waals surface area contributed by atoms with Crippen LogP contribution in [0.2, 0.25) is 5.28 Å². The van der Waals surface area contributed by atoms with E-state index in [1.807, 2.05) is 6.92 Å². The van der Waals surface area contributed by atoms with Crippen molar-refractivity contribution in [3.63, 3.8) is 0 Å². The van der Waals surface area contributed by atoms with Crippen molar-refractivity contribution in [2.75, 3.05) is 25.0 Å². The fourth-order valence-electron chi connectivity index (χ4n) is 1.60. The zero-order valence-corrected chi connectivity index (χ0v) is 12.6. The molecule has 0 aliphatic rings. The molecule has 0 radical (unpaired) electrons. The molecule has 0 saturated carbocycles. The van der Waals surface area contributed by atoms with Gasteiger partial charge in [-0.15, -0.1) is 0 Å². The van der Waals surface area contributed by atoms with Crippen LogP contribution in [0, 0.1) is 0 Å². The number of carbonyl (C=O) groups is 1. The molecule has 0 bridgehead atoms. The average molecular weight is 310 g/mol. The Labute approximate surface area is 127 Å². The van der Waals surface area contributed by atoms with E-state index in [0.717, 1.165) is 6.42 Å². The van der Waals surface area contributed by atoms with E-state index in [0.29, 0.717) is 18.4 Å². The van der Waals surface area contributed by atoms with E-state index in [1.165, 1.54) is 4.68 Å². The van der Waals surface area contributed by atoms with Gasteiger partial charge >= 0.3 is 0 Å². The van der Waals surface area contributed by atoms with Gasteiger partial charge in [0, 0.05) is 26.0 Å². The van der Waals surface area contributed by atoms with E-state index >= 15 is 0 Å². The number of anilines is 1. The molecule has 0 saturated heterocycles. The summed E-state index contributed by atoms with van der Waals surface area (Å²) in [5.74, 6) is 0.513. The Balaban J connectivity index is 2.14. The van der Waals surface area contributed by atoms with Crippen LogP contribution in [-0.2, 0) is 4.79 Å². The zero-order valence-electron chi connectivity index (χ0n) is 11.8. The second-order valence-corrected chi connectivity index (χ2v) is 4.70. The number of halogens is 1. The lowest BCUT2D eigenvalue weighted by molar-refractivity contribution is -0.119. The normalized spacial score (nSPS) is 10.4. The molecule has 0 fully saturated rings. The van der Waals surface area contributed by atoms with Gasteiger partial charge < -0.3 is 10.2 Å². The van der Waals surface area contributed by atoms with Gasteiger partial charge in [0.25, 0.3) is 5.95 Å². The quantitative estimate of drug-likeness (QED) is 0.844. The van der Waals surface area contributed by atoms with E-state index in [4.69, 9.17) is 11.6 Å². The van der Waals surface area contributed by atoms with Crippen molar-refractivity contribution in [3.05, 3.63) is 23.7 Å². The van der Waals surface area contributed by atoms with E-state index in [9.17, 15) is 4.79 Å². The summed E-state index contributed by atoms with van der Waals surface area (Å²) in [5, 5.41) is 6.87. The molecule has 0 aliphatic heterocycles. The number of carbonyl (C=O) groups excluding carboxylic acids is 1. The number of aromatic nitrogens is 5. The molecule has 0 unspecified atom stereocenters. The van der Waals surface area contributed by atoms with Crippen LogP contribution < -0.4 is 10.2 Å². The van der Waals surface area contributed by atoms with Crippen molar-refractivity contribution in [1.29, 1.82) is 0 Å². The Morgan fingerprint density at radius 3 is 2.90 bits per heavy atom. The summed E-state index contributed by atoms with van der Waals surface area (Å²) < 4.78 is 1.47. The van der Waals surface area contributed by atoms with Gasteiger partial charge in [-0.05, 0) is 24.1 Å². The standard InChI is InChI=1S/C12H16ClN7O/c1-3-5-14-9(21)8-19(2)11-16-10(13)17-12(18-11)20-7-4-6-15-20/h4,6-7H,3,5,8H2,1-2H3,(H,14,21). The first kappa shape index (κ1) is 15.2. The number of hydrogen-bond donors (Lipinski definition) is 1. The Kier molecular flexibility index (Phi) is 5.04. The number of nitrogens with one attached hydrogen (secondary N) is 1. The Morgan fingerprint density at radius 2 is 2.24 bits per heavy atom. The number of hydrogen-bond acceptors (Lipinski definition) is 6. The van der Waals surface area contributed by atoms with Crippen molar-refractivity contribution in [1.82, 2.24) is 30.0 Å². The molecule has 9 heteroatoms. The van der Waals surface area contributed by atoms with Crippen LogP contribution in [0.5, 0.6) is 0 Å². The molecule has 0 atom stereocenters. The maximum atomic E-state index is 11.7. The SMILES string of the molecule is CCCNC(=O)CN(C)c1nc(Cl)nc(-n2cccn2)n1. The van der Waals surface area contributed by atoms with Crippen LogP contribution in [0.25, 0.3) is 5.95 Å². The fourth-order valence-corrected chi connectivity index (χ4v) is 1.75. The molecule has 0 spiro atoms. The van der Waals surface area contributed by atoms with Gasteiger partial charge in [0.15, 0.2) is 0 Å². The van der Waals surface area contributed by atoms with Crippen LogP contribution in [0.15, 0.2) is 18.5 Å². The third kappa shape index (κ3) is 4.12. The van der Waals surface area contributed by atoms with Crippen LogP contribution in [0.3, 0.4) is 0 Å². The second kappa shape index (κ2) is 6.98. The van der Waals surface area contributed by atoms with Crippen molar-refractivity contribution in [3.8, 4) is 5.95 Å². The largest absolute Gasteiger partial charge is 0.355 e. The topological polar surface area (TPSA) is 88.8 Å². The molecular formula is C12H16ClN7O. The van der Waals surface area contributed by atoms with Gasteiger partial charge in [-0.2, -0.15) is 20.1 Å². The summed E-state index contributed by atoms with van der Waals surface area (Å²) >= 11 is 5.90. The van der Waals surface area contributed by atoms with Crippen molar-refractivity contribution in [2.24, 2.45) is 0 Å². The van der Waals surface area contributed by atoms with Gasteiger partial charge in [0.1, 0.15) is 0 Å². The molecule has 2 heterocycles. The van der Waals surface area contributed by atoms with Crippen molar-refractivity contribution >= 4 is 23.5 Å². The molecule has 8 nitrogen and oxygen atoms in total. The lowest BCUT2D eigenvalue weighted by Crippen LogP contribution is -2.36. The molecule has 0 aliphatic carbocycles. The van der Waals surface area contributed by atoms with Crippen molar-refractivity contribution in [2.45, 2.75) is 13.3 Å². The molecule has 1 N–H and O–H groups in total. The summed E-state index contributed by atoms with van der Waals surface area (Å²) in [6.45, 7) is 2.77.